The van der Waals surface area contributed by atoms with Crippen molar-refractivity contribution in [1.29, 1.82) is 0 Å². The molecule has 0 aliphatic carbocycles. The van der Waals surface area contributed by atoms with Gasteiger partial charge in [0.05, 0.1) is 0 Å². The zero-order valence-corrected chi connectivity index (χ0v) is 22.6. The Balaban J connectivity index is 1.07. The average molecular weight is 550 g/mol. The molecular formula is C32H28ClN5O2. The van der Waals surface area contributed by atoms with Gasteiger partial charge in [0.25, 0.3) is 5.91 Å². The third kappa shape index (κ3) is 5.70. The van der Waals surface area contributed by atoms with Crippen LogP contribution < -0.4 is 15.0 Å². The van der Waals surface area contributed by atoms with Crippen LogP contribution in [0.2, 0.25) is 5.02 Å². The molecule has 1 aliphatic heterocycles. The summed E-state index contributed by atoms with van der Waals surface area (Å²) in [5.41, 5.74) is 3.78. The molecule has 4 aromatic carbocycles. The van der Waals surface area contributed by atoms with Gasteiger partial charge in [0.15, 0.2) is 12.4 Å². The van der Waals surface area contributed by atoms with E-state index in [1.165, 1.54) is 5.69 Å². The Labute approximate surface area is 238 Å². The van der Waals surface area contributed by atoms with Crippen molar-refractivity contribution >= 4 is 45.5 Å². The molecule has 0 saturated carbocycles. The molecule has 0 unspecified atom stereocenters. The molecule has 1 aliphatic rings. The topological polar surface area (TPSA) is 70.6 Å². The number of rotatable bonds is 7. The molecule has 8 heteroatoms. The molecule has 7 nitrogen and oxygen atoms in total. The van der Waals surface area contributed by atoms with Gasteiger partial charge >= 0.3 is 0 Å². The van der Waals surface area contributed by atoms with E-state index in [2.05, 4.69) is 32.5 Å². The Hall–Kier alpha value is -4.62. The number of para-hydroxylation sites is 1. The average Bonchev–Trinajstić information content (AvgIpc) is 3.02. The van der Waals surface area contributed by atoms with E-state index in [0.29, 0.717) is 29.7 Å². The van der Waals surface area contributed by atoms with E-state index >= 15 is 0 Å². The fourth-order valence-electron chi connectivity index (χ4n) is 4.88. The van der Waals surface area contributed by atoms with Gasteiger partial charge < -0.3 is 19.9 Å². The van der Waals surface area contributed by atoms with Crippen molar-refractivity contribution in [2.75, 3.05) is 43.0 Å². The van der Waals surface area contributed by atoms with Crippen LogP contribution in [0.1, 0.15) is 0 Å². The number of benzene rings is 4. The van der Waals surface area contributed by atoms with Crippen LogP contribution in [-0.4, -0.2) is 53.8 Å². The van der Waals surface area contributed by atoms with Gasteiger partial charge in [-0.25, -0.2) is 0 Å². The number of nitrogens with one attached hydrogen (secondary N) is 1. The standard InChI is InChI=1S/C32H28ClN5O2/c33-24-12-10-23(11-13-24)31-28-8-4-5-9-29(28)32(36-35-31)34-25-14-16-27(17-15-25)40-22-30(39)38-20-18-37(19-21-38)26-6-2-1-3-7-26/h1-17H,18-22H2,(H,34,36). The van der Waals surface area contributed by atoms with Crippen LogP contribution in [0.5, 0.6) is 5.75 Å². The molecule has 5 aromatic rings. The lowest BCUT2D eigenvalue weighted by Crippen LogP contribution is -2.50. The number of carbonyl (C=O) groups is 1. The molecule has 0 atom stereocenters. The normalized spacial score (nSPS) is 13.3. The molecule has 0 radical (unpaired) electrons. The van der Waals surface area contributed by atoms with E-state index in [9.17, 15) is 4.79 Å². The maximum absolute atomic E-state index is 12.7. The van der Waals surface area contributed by atoms with E-state index < -0.39 is 0 Å². The van der Waals surface area contributed by atoms with Crippen LogP contribution in [0.15, 0.2) is 103 Å². The Morgan fingerprint density at radius 3 is 2.17 bits per heavy atom. The Kier molecular flexibility index (Phi) is 7.46. The second-order valence-electron chi connectivity index (χ2n) is 9.59. The van der Waals surface area contributed by atoms with Gasteiger partial charge in [0, 0.05) is 58.9 Å². The molecule has 1 amide bonds. The zero-order chi connectivity index (χ0) is 27.3. The first-order valence-electron chi connectivity index (χ1n) is 13.2. The van der Waals surface area contributed by atoms with E-state index in [1.807, 2.05) is 95.9 Å². The minimum atomic E-state index is -0.00238. The molecule has 1 fully saturated rings. The van der Waals surface area contributed by atoms with E-state index in [1.54, 1.807) is 0 Å². The summed E-state index contributed by atoms with van der Waals surface area (Å²) in [6, 6.07) is 33.4. The first kappa shape index (κ1) is 25.6. The maximum Gasteiger partial charge on any atom is 0.260 e. The number of amides is 1. The second kappa shape index (κ2) is 11.6. The molecule has 0 spiro atoms. The lowest BCUT2D eigenvalue weighted by atomic mass is 10.0. The molecular weight excluding hydrogens is 522 g/mol. The summed E-state index contributed by atoms with van der Waals surface area (Å²) in [6.07, 6.45) is 0. The third-order valence-corrected chi connectivity index (χ3v) is 7.29. The summed E-state index contributed by atoms with van der Waals surface area (Å²) in [5, 5.41) is 15.0. The van der Waals surface area contributed by atoms with Crippen LogP contribution in [-0.2, 0) is 4.79 Å². The smallest absolute Gasteiger partial charge is 0.260 e. The Bertz CT molecular complexity index is 1600. The first-order chi connectivity index (χ1) is 19.6. The zero-order valence-electron chi connectivity index (χ0n) is 21.8. The van der Waals surface area contributed by atoms with Crippen molar-refractivity contribution in [1.82, 2.24) is 15.1 Å². The molecule has 6 rings (SSSR count). The van der Waals surface area contributed by atoms with E-state index in [4.69, 9.17) is 16.3 Å². The number of ether oxygens (including phenoxy) is 1. The number of anilines is 3. The number of halogens is 1. The highest BCUT2D eigenvalue weighted by Gasteiger charge is 2.21. The van der Waals surface area contributed by atoms with Gasteiger partial charge in [-0.05, 0) is 48.5 Å². The quantitative estimate of drug-likeness (QED) is 0.252. The van der Waals surface area contributed by atoms with Crippen molar-refractivity contribution < 1.29 is 9.53 Å². The molecule has 40 heavy (non-hydrogen) atoms. The largest absolute Gasteiger partial charge is 0.484 e. The third-order valence-electron chi connectivity index (χ3n) is 7.04. The minimum Gasteiger partial charge on any atom is -0.484 e. The molecule has 1 N–H and O–H groups in total. The van der Waals surface area contributed by atoms with Crippen molar-refractivity contribution in [3.63, 3.8) is 0 Å². The number of hydrogen-bond donors (Lipinski definition) is 1. The van der Waals surface area contributed by atoms with Crippen LogP contribution >= 0.6 is 11.6 Å². The summed E-state index contributed by atoms with van der Waals surface area (Å²) in [7, 11) is 0. The van der Waals surface area contributed by atoms with Gasteiger partial charge in [-0.1, -0.05) is 66.2 Å². The SMILES string of the molecule is O=C(COc1ccc(Nc2nnc(-c3ccc(Cl)cc3)c3ccccc23)cc1)N1CCN(c2ccccc2)CC1. The van der Waals surface area contributed by atoms with E-state index in [-0.39, 0.29) is 12.5 Å². The highest BCUT2D eigenvalue weighted by atomic mass is 35.5. The monoisotopic (exact) mass is 549 g/mol. The predicted molar refractivity (Wildman–Crippen MR) is 160 cm³/mol. The Morgan fingerprint density at radius 1 is 0.775 bits per heavy atom. The van der Waals surface area contributed by atoms with Gasteiger partial charge in [-0.2, -0.15) is 0 Å². The molecule has 2 heterocycles. The minimum absolute atomic E-state index is 0.00238. The van der Waals surface area contributed by atoms with Crippen molar-refractivity contribution in [3.05, 3.63) is 108 Å². The van der Waals surface area contributed by atoms with Crippen molar-refractivity contribution in [2.45, 2.75) is 0 Å². The number of piperazine rings is 1. The molecule has 1 aromatic heterocycles. The number of hydrogen-bond acceptors (Lipinski definition) is 6. The maximum atomic E-state index is 12.7. The molecule has 1 saturated heterocycles. The molecule has 0 bridgehead atoms. The van der Waals surface area contributed by atoms with Gasteiger partial charge in [-0.15, -0.1) is 10.2 Å². The van der Waals surface area contributed by atoms with Crippen LogP contribution in [0.4, 0.5) is 17.2 Å². The van der Waals surface area contributed by atoms with E-state index in [0.717, 1.165) is 40.8 Å². The van der Waals surface area contributed by atoms with Gasteiger partial charge in [-0.3, -0.25) is 4.79 Å². The van der Waals surface area contributed by atoms with Gasteiger partial charge in [0.1, 0.15) is 11.4 Å². The fraction of sp³-hybridized carbons (Fsp3) is 0.156. The van der Waals surface area contributed by atoms with Crippen LogP contribution in [0.3, 0.4) is 0 Å². The van der Waals surface area contributed by atoms with Gasteiger partial charge in [0.2, 0.25) is 0 Å². The number of nitrogens with zero attached hydrogens (tertiary/aromatic N) is 4. The summed E-state index contributed by atoms with van der Waals surface area (Å²) in [6.45, 7) is 3.01. The lowest BCUT2D eigenvalue weighted by molar-refractivity contribution is -0.133. The first-order valence-corrected chi connectivity index (χ1v) is 13.6. The summed E-state index contributed by atoms with van der Waals surface area (Å²) >= 11 is 6.06. The van der Waals surface area contributed by atoms with Crippen molar-refractivity contribution in [2.24, 2.45) is 0 Å². The number of fused-ring (bicyclic) bond motifs is 1. The Morgan fingerprint density at radius 2 is 1.45 bits per heavy atom. The second-order valence-corrected chi connectivity index (χ2v) is 10.0. The summed E-state index contributed by atoms with van der Waals surface area (Å²) < 4.78 is 5.81. The molecule has 200 valence electrons. The van der Waals surface area contributed by atoms with Crippen LogP contribution in [0, 0.1) is 0 Å². The predicted octanol–water partition coefficient (Wildman–Crippen LogP) is 6.42. The summed E-state index contributed by atoms with van der Waals surface area (Å²) in [5.74, 6) is 1.29. The summed E-state index contributed by atoms with van der Waals surface area (Å²) in [4.78, 5) is 16.9. The number of carbonyl (C=O) groups excluding carboxylic acids is 1. The highest BCUT2D eigenvalue weighted by Crippen LogP contribution is 2.32. The lowest BCUT2D eigenvalue weighted by Gasteiger charge is -2.36. The highest BCUT2D eigenvalue weighted by molar-refractivity contribution is 6.30. The van der Waals surface area contributed by atoms with Crippen molar-refractivity contribution in [3.8, 4) is 17.0 Å². The van der Waals surface area contributed by atoms with Crippen LogP contribution in [0.25, 0.3) is 22.0 Å². The number of aromatic nitrogens is 2. The fourth-order valence-corrected chi connectivity index (χ4v) is 5.00.